The lowest BCUT2D eigenvalue weighted by Gasteiger charge is -2.20. The van der Waals surface area contributed by atoms with Crippen molar-refractivity contribution in [3.05, 3.63) is 53.6 Å². The molecule has 2 N–H and O–H groups in total. The molecule has 1 heterocycles. The van der Waals surface area contributed by atoms with Gasteiger partial charge in [0.2, 0.25) is 11.8 Å². The molecule has 2 aromatic rings. The molecule has 0 aromatic heterocycles. The molecule has 2 aromatic carbocycles. The second kappa shape index (κ2) is 7.38. The molecule has 1 aliphatic heterocycles. The number of nitrogens with one attached hydrogen (secondary N) is 2. The van der Waals surface area contributed by atoms with Gasteiger partial charge in [-0.25, -0.2) is 0 Å². The van der Waals surface area contributed by atoms with Crippen LogP contribution in [0.1, 0.15) is 24.0 Å². The fourth-order valence-corrected chi connectivity index (χ4v) is 3.00. The minimum absolute atomic E-state index is 0.115. The molecule has 0 spiro atoms. The number of benzene rings is 2. The highest BCUT2D eigenvalue weighted by Gasteiger charge is 2.23. The fourth-order valence-electron chi connectivity index (χ4n) is 3.00. The molecule has 2 amide bonds. The van der Waals surface area contributed by atoms with Gasteiger partial charge < -0.3 is 15.5 Å². The Morgan fingerprint density at radius 2 is 1.92 bits per heavy atom. The highest BCUT2D eigenvalue weighted by atomic mass is 16.2. The predicted molar refractivity (Wildman–Crippen MR) is 101 cm³/mol. The first-order chi connectivity index (χ1) is 12.0. The Morgan fingerprint density at radius 1 is 1.12 bits per heavy atom. The van der Waals surface area contributed by atoms with E-state index in [4.69, 9.17) is 0 Å². The van der Waals surface area contributed by atoms with Crippen LogP contribution < -0.4 is 15.5 Å². The maximum Gasteiger partial charge on any atom is 0.243 e. The van der Waals surface area contributed by atoms with Gasteiger partial charge in [-0.05, 0) is 49.6 Å². The molecule has 0 radical (unpaired) electrons. The second-order valence-electron chi connectivity index (χ2n) is 6.39. The number of para-hydroxylation sites is 2. The van der Waals surface area contributed by atoms with Crippen LogP contribution in [0.5, 0.6) is 0 Å². The molecular formula is C20H23N3O2. The summed E-state index contributed by atoms with van der Waals surface area (Å²) in [6.07, 6.45) is 1.46. The SMILES string of the molecule is Cc1ccc(C)c(NC(=O)CNc2ccccc2N2CCCC2=O)c1. The van der Waals surface area contributed by atoms with Gasteiger partial charge in [0.25, 0.3) is 0 Å². The van der Waals surface area contributed by atoms with Crippen molar-refractivity contribution < 1.29 is 9.59 Å². The van der Waals surface area contributed by atoms with Crippen molar-refractivity contribution in [3.63, 3.8) is 0 Å². The van der Waals surface area contributed by atoms with Crippen molar-refractivity contribution >= 4 is 28.9 Å². The van der Waals surface area contributed by atoms with Gasteiger partial charge in [-0.2, -0.15) is 0 Å². The molecular weight excluding hydrogens is 314 g/mol. The van der Waals surface area contributed by atoms with E-state index >= 15 is 0 Å². The van der Waals surface area contributed by atoms with E-state index in [0.717, 1.165) is 41.2 Å². The molecule has 0 bridgehead atoms. The van der Waals surface area contributed by atoms with Crippen LogP contribution in [0.15, 0.2) is 42.5 Å². The van der Waals surface area contributed by atoms with Gasteiger partial charge in [-0.1, -0.05) is 24.3 Å². The Hall–Kier alpha value is -2.82. The van der Waals surface area contributed by atoms with E-state index < -0.39 is 0 Å². The Balaban J connectivity index is 1.66. The highest BCUT2D eigenvalue weighted by molar-refractivity contribution is 5.99. The number of hydrogen-bond acceptors (Lipinski definition) is 3. The number of hydrogen-bond donors (Lipinski definition) is 2. The Kier molecular flexibility index (Phi) is 5.03. The minimum Gasteiger partial charge on any atom is -0.374 e. The van der Waals surface area contributed by atoms with E-state index in [1.54, 1.807) is 4.90 Å². The average Bonchev–Trinajstić information content (AvgIpc) is 3.02. The lowest BCUT2D eigenvalue weighted by molar-refractivity contribution is -0.117. The Labute approximate surface area is 148 Å². The monoisotopic (exact) mass is 337 g/mol. The molecule has 0 aliphatic carbocycles. The zero-order valence-electron chi connectivity index (χ0n) is 14.6. The summed E-state index contributed by atoms with van der Waals surface area (Å²) in [5.74, 6) is 0.0188. The van der Waals surface area contributed by atoms with Crippen molar-refractivity contribution in [2.45, 2.75) is 26.7 Å². The number of nitrogens with zero attached hydrogens (tertiary/aromatic N) is 1. The second-order valence-corrected chi connectivity index (χ2v) is 6.39. The van der Waals surface area contributed by atoms with E-state index in [0.29, 0.717) is 6.42 Å². The highest BCUT2D eigenvalue weighted by Crippen LogP contribution is 2.29. The number of anilines is 3. The third-order valence-corrected chi connectivity index (χ3v) is 4.37. The van der Waals surface area contributed by atoms with Crippen molar-refractivity contribution in [1.29, 1.82) is 0 Å². The van der Waals surface area contributed by atoms with Gasteiger partial charge in [0.1, 0.15) is 0 Å². The topological polar surface area (TPSA) is 61.4 Å². The number of carbonyl (C=O) groups is 2. The molecule has 1 aliphatic rings. The predicted octanol–water partition coefficient (Wildman–Crippen LogP) is 3.48. The molecule has 1 saturated heterocycles. The van der Waals surface area contributed by atoms with Crippen LogP contribution in [-0.2, 0) is 9.59 Å². The molecule has 5 nitrogen and oxygen atoms in total. The minimum atomic E-state index is -0.115. The van der Waals surface area contributed by atoms with E-state index in [2.05, 4.69) is 10.6 Å². The molecule has 1 fully saturated rings. The lowest BCUT2D eigenvalue weighted by Crippen LogP contribution is -2.26. The molecule has 25 heavy (non-hydrogen) atoms. The number of aryl methyl sites for hydroxylation is 2. The molecule has 0 atom stereocenters. The van der Waals surface area contributed by atoms with Crippen LogP contribution in [0.2, 0.25) is 0 Å². The van der Waals surface area contributed by atoms with E-state index in [1.807, 2.05) is 56.3 Å². The van der Waals surface area contributed by atoms with Crippen LogP contribution in [-0.4, -0.2) is 24.9 Å². The van der Waals surface area contributed by atoms with Crippen LogP contribution in [0.25, 0.3) is 0 Å². The van der Waals surface area contributed by atoms with Crippen LogP contribution >= 0.6 is 0 Å². The zero-order valence-corrected chi connectivity index (χ0v) is 14.6. The zero-order chi connectivity index (χ0) is 17.8. The van der Waals surface area contributed by atoms with E-state index in [9.17, 15) is 9.59 Å². The summed E-state index contributed by atoms with van der Waals surface area (Å²) in [6, 6.07) is 13.6. The average molecular weight is 337 g/mol. The normalized spacial score (nSPS) is 13.8. The molecule has 0 saturated carbocycles. The van der Waals surface area contributed by atoms with Gasteiger partial charge in [-0.15, -0.1) is 0 Å². The van der Waals surface area contributed by atoms with Gasteiger partial charge in [0, 0.05) is 18.7 Å². The first-order valence-electron chi connectivity index (χ1n) is 8.55. The summed E-state index contributed by atoms with van der Waals surface area (Å²) in [7, 11) is 0. The summed E-state index contributed by atoms with van der Waals surface area (Å²) in [4.78, 5) is 26.1. The van der Waals surface area contributed by atoms with Crippen molar-refractivity contribution in [2.24, 2.45) is 0 Å². The fraction of sp³-hybridized carbons (Fsp3) is 0.300. The van der Waals surface area contributed by atoms with E-state index in [1.165, 1.54) is 0 Å². The summed E-state index contributed by atoms with van der Waals surface area (Å²) in [5, 5.41) is 6.10. The first kappa shape index (κ1) is 17.0. The van der Waals surface area contributed by atoms with Crippen LogP contribution in [0.4, 0.5) is 17.1 Å². The number of amides is 2. The maximum absolute atomic E-state index is 12.3. The smallest absolute Gasteiger partial charge is 0.243 e. The van der Waals surface area contributed by atoms with Gasteiger partial charge >= 0.3 is 0 Å². The van der Waals surface area contributed by atoms with Gasteiger partial charge in [0.15, 0.2) is 0 Å². The molecule has 5 heteroatoms. The third-order valence-electron chi connectivity index (χ3n) is 4.37. The molecule has 0 unspecified atom stereocenters. The Morgan fingerprint density at radius 3 is 2.68 bits per heavy atom. The summed E-state index contributed by atoms with van der Waals surface area (Å²) in [6.45, 7) is 4.84. The Bertz CT molecular complexity index is 801. The third kappa shape index (κ3) is 3.99. The molecule has 3 rings (SSSR count). The lowest BCUT2D eigenvalue weighted by atomic mass is 10.1. The largest absolute Gasteiger partial charge is 0.374 e. The number of rotatable bonds is 5. The van der Waals surface area contributed by atoms with Crippen molar-refractivity contribution in [2.75, 3.05) is 28.6 Å². The van der Waals surface area contributed by atoms with Crippen LogP contribution in [0, 0.1) is 13.8 Å². The summed E-state index contributed by atoms with van der Waals surface area (Å²) >= 11 is 0. The van der Waals surface area contributed by atoms with E-state index in [-0.39, 0.29) is 18.4 Å². The van der Waals surface area contributed by atoms with Crippen LogP contribution in [0.3, 0.4) is 0 Å². The maximum atomic E-state index is 12.3. The standard InChI is InChI=1S/C20H23N3O2/c1-14-9-10-15(2)17(12-14)22-19(24)13-21-16-6-3-4-7-18(16)23-11-5-8-20(23)25/h3-4,6-7,9-10,12,21H,5,8,11,13H2,1-2H3,(H,22,24). The van der Waals surface area contributed by atoms with Gasteiger partial charge in [0.05, 0.1) is 17.9 Å². The van der Waals surface area contributed by atoms with Crippen molar-refractivity contribution in [3.8, 4) is 0 Å². The summed E-state index contributed by atoms with van der Waals surface area (Å²) < 4.78 is 0. The van der Waals surface area contributed by atoms with Crippen molar-refractivity contribution in [1.82, 2.24) is 0 Å². The summed E-state index contributed by atoms with van der Waals surface area (Å²) in [5.41, 5.74) is 4.60. The first-order valence-corrected chi connectivity index (χ1v) is 8.55. The molecule has 130 valence electrons. The van der Waals surface area contributed by atoms with Gasteiger partial charge in [-0.3, -0.25) is 9.59 Å². The number of carbonyl (C=O) groups excluding carboxylic acids is 2. The quantitative estimate of drug-likeness (QED) is 0.878.